The Morgan fingerprint density at radius 2 is 0.982 bits per heavy atom. The molecule has 3 nitrogen and oxygen atoms in total. The first-order valence-corrected chi connectivity index (χ1v) is 19.7. The Morgan fingerprint density at radius 3 is 1.66 bits per heavy atom. The molecule has 0 unspecified atom stereocenters. The van der Waals surface area contributed by atoms with E-state index in [-0.39, 0.29) is 0 Å². The summed E-state index contributed by atoms with van der Waals surface area (Å²) in [5.41, 5.74) is 13.3. The smallest absolute Gasteiger partial charge is 0.160 e. The monoisotopic (exact) mass is 731 g/mol. The van der Waals surface area contributed by atoms with Gasteiger partial charge in [0.25, 0.3) is 0 Å². The first kappa shape index (κ1) is 32.3. The molecule has 0 aliphatic heterocycles. The van der Waals surface area contributed by atoms with Crippen LogP contribution in [0.2, 0.25) is 0 Å². The van der Waals surface area contributed by atoms with Crippen molar-refractivity contribution in [3.63, 3.8) is 0 Å². The van der Waals surface area contributed by atoms with Crippen molar-refractivity contribution in [3.8, 4) is 61.8 Å². The summed E-state index contributed by atoms with van der Waals surface area (Å²) in [5, 5.41) is 5.05. The molecule has 0 aliphatic rings. The summed E-state index contributed by atoms with van der Waals surface area (Å²) in [6.07, 6.45) is 0. The van der Waals surface area contributed by atoms with Crippen molar-refractivity contribution in [2.75, 3.05) is 0 Å². The van der Waals surface area contributed by atoms with Crippen LogP contribution >= 0.6 is 11.3 Å². The third kappa shape index (κ3) is 5.42. The van der Waals surface area contributed by atoms with Crippen LogP contribution in [0.4, 0.5) is 0 Å². The molecule has 0 spiro atoms. The number of aromatic nitrogens is 3. The van der Waals surface area contributed by atoms with E-state index in [1.807, 2.05) is 35.6 Å². The van der Waals surface area contributed by atoms with Gasteiger partial charge in [0.2, 0.25) is 0 Å². The highest BCUT2D eigenvalue weighted by Crippen LogP contribution is 2.46. The summed E-state index contributed by atoms with van der Waals surface area (Å²) in [6, 6.07) is 71.3. The van der Waals surface area contributed by atoms with Crippen molar-refractivity contribution in [1.29, 1.82) is 0 Å². The van der Waals surface area contributed by atoms with Crippen LogP contribution < -0.4 is 0 Å². The molecule has 0 saturated carbocycles. The zero-order valence-corrected chi connectivity index (χ0v) is 31.1. The van der Waals surface area contributed by atoms with Gasteiger partial charge in [-0.3, -0.25) is 0 Å². The Balaban J connectivity index is 1.13. The molecule has 0 bridgehead atoms. The Kier molecular flexibility index (Phi) is 7.68. The maximum Gasteiger partial charge on any atom is 0.160 e. The number of thiophene rings is 1. The average Bonchev–Trinajstić information content (AvgIpc) is 3.83. The third-order valence-corrected chi connectivity index (χ3v) is 12.0. The lowest BCUT2D eigenvalue weighted by Crippen LogP contribution is -1.97. The highest BCUT2D eigenvalue weighted by Gasteiger charge is 2.20. The van der Waals surface area contributed by atoms with Gasteiger partial charge < -0.3 is 4.57 Å². The second-order valence-electron chi connectivity index (χ2n) is 14.2. The summed E-state index contributed by atoms with van der Waals surface area (Å²) in [5.74, 6) is 0.712. The number of fused-ring (bicyclic) bond motifs is 7. The molecule has 0 saturated heterocycles. The summed E-state index contributed by atoms with van der Waals surface area (Å²) in [4.78, 5) is 10.1. The van der Waals surface area contributed by atoms with E-state index in [0.29, 0.717) is 5.82 Å². The van der Waals surface area contributed by atoms with Gasteiger partial charge in [0.15, 0.2) is 5.82 Å². The average molecular weight is 732 g/mol. The van der Waals surface area contributed by atoms with Gasteiger partial charge in [0.1, 0.15) is 0 Å². The quantitative estimate of drug-likeness (QED) is 0.170. The minimum Gasteiger partial charge on any atom is -0.309 e. The molecule has 0 amide bonds. The zero-order valence-electron chi connectivity index (χ0n) is 30.3. The standard InChI is InChI=1S/C52H33N3S/c1-5-14-34(15-6-1)39-26-30-47-44(32-39)42-29-31-48-49(43-23-13-22-41(51(43)56-48)35-16-7-2-8-17-35)50(42)55(47)40-27-24-37(25-28-40)46-33-45(36-18-9-3-10-19-36)53-52(54-46)38-20-11-4-12-21-38/h1-33H. The zero-order chi connectivity index (χ0) is 37.0. The van der Waals surface area contributed by atoms with E-state index >= 15 is 0 Å². The van der Waals surface area contributed by atoms with Crippen LogP contribution in [-0.4, -0.2) is 14.5 Å². The van der Waals surface area contributed by atoms with Crippen molar-refractivity contribution in [3.05, 3.63) is 200 Å². The molecule has 3 heterocycles. The molecule has 0 atom stereocenters. The van der Waals surface area contributed by atoms with E-state index in [2.05, 4.69) is 180 Å². The molecule has 0 N–H and O–H groups in total. The molecular weight excluding hydrogens is 699 g/mol. The van der Waals surface area contributed by atoms with Crippen LogP contribution in [0.3, 0.4) is 0 Å². The van der Waals surface area contributed by atoms with Gasteiger partial charge in [-0.25, -0.2) is 9.97 Å². The first-order chi connectivity index (χ1) is 27.8. The molecule has 0 radical (unpaired) electrons. The molecule has 3 aromatic heterocycles. The predicted molar refractivity (Wildman–Crippen MR) is 236 cm³/mol. The summed E-state index contributed by atoms with van der Waals surface area (Å²) in [6.45, 7) is 0. The SMILES string of the molecule is c1ccc(-c2ccc3c(c2)c2ccc4sc5c(-c6ccccc6)cccc5c4c2n3-c2ccc(-c3cc(-c4ccccc4)nc(-c4ccccc4)n3)cc2)cc1. The van der Waals surface area contributed by atoms with E-state index in [9.17, 15) is 0 Å². The Morgan fingerprint density at radius 1 is 0.393 bits per heavy atom. The lowest BCUT2D eigenvalue weighted by Gasteiger charge is -2.12. The maximum atomic E-state index is 5.11. The molecule has 11 aromatic rings. The summed E-state index contributed by atoms with van der Waals surface area (Å²) < 4.78 is 5.06. The lowest BCUT2D eigenvalue weighted by atomic mass is 10.0. The fourth-order valence-electron chi connectivity index (χ4n) is 8.16. The number of benzene rings is 8. The Hall–Kier alpha value is -7.14. The van der Waals surface area contributed by atoms with Gasteiger partial charge >= 0.3 is 0 Å². The van der Waals surface area contributed by atoms with Crippen molar-refractivity contribution in [2.24, 2.45) is 0 Å². The van der Waals surface area contributed by atoms with Crippen LogP contribution in [0.15, 0.2) is 200 Å². The van der Waals surface area contributed by atoms with Crippen LogP contribution in [0.1, 0.15) is 0 Å². The lowest BCUT2D eigenvalue weighted by molar-refractivity contribution is 1.17. The topological polar surface area (TPSA) is 30.7 Å². The highest BCUT2D eigenvalue weighted by atomic mass is 32.1. The Labute approximate surface area is 328 Å². The number of nitrogens with zero attached hydrogens (tertiary/aromatic N) is 3. The van der Waals surface area contributed by atoms with Gasteiger partial charge in [-0.15, -0.1) is 11.3 Å². The van der Waals surface area contributed by atoms with Gasteiger partial charge in [0, 0.05) is 53.3 Å². The van der Waals surface area contributed by atoms with Crippen LogP contribution in [0, 0.1) is 0 Å². The second-order valence-corrected chi connectivity index (χ2v) is 15.2. The number of hydrogen-bond acceptors (Lipinski definition) is 3. The predicted octanol–water partition coefficient (Wildman–Crippen LogP) is 14.3. The summed E-state index contributed by atoms with van der Waals surface area (Å²) >= 11 is 1.88. The third-order valence-electron chi connectivity index (χ3n) is 10.8. The fraction of sp³-hybridized carbons (Fsp3) is 0. The first-order valence-electron chi connectivity index (χ1n) is 18.9. The largest absolute Gasteiger partial charge is 0.309 e. The van der Waals surface area contributed by atoms with Crippen molar-refractivity contribution in [2.45, 2.75) is 0 Å². The van der Waals surface area contributed by atoms with E-state index in [0.717, 1.165) is 33.8 Å². The van der Waals surface area contributed by atoms with Crippen LogP contribution in [0.25, 0.3) is 104 Å². The van der Waals surface area contributed by atoms with Gasteiger partial charge in [-0.05, 0) is 58.7 Å². The molecule has 0 aliphatic carbocycles. The molecule has 56 heavy (non-hydrogen) atoms. The van der Waals surface area contributed by atoms with Crippen molar-refractivity contribution < 1.29 is 0 Å². The molecule has 8 aromatic carbocycles. The van der Waals surface area contributed by atoms with Gasteiger partial charge in [0.05, 0.1) is 22.4 Å². The molecule has 4 heteroatoms. The minimum absolute atomic E-state index is 0.712. The van der Waals surface area contributed by atoms with Crippen molar-refractivity contribution in [1.82, 2.24) is 14.5 Å². The van der Waals surface area contributed by atoms with E-state index < -0.39 is 0 Å². The van der Waals surface area contributed by atoms with E-state index in [1.165, 1.54) is 64.2 Å². The second kappa shape index (κ2) is 13.3. The molecule has 262 valence electrons. The minimum atomic E-state index is 0.712. The van der Waals surface area contributed by atoms with Gasteiger partial charge in [-0.1, -0.05) is 164 Å². The number of rotatable bonds is 6. The van der Waals surface area contributed by atoms with E-state index in [1.54, 1.807) is 0 Å². The number of hydrogen-bond donors (Lipinski definition) is 0. The maximum absolute atomic E-state index is 5.11. The van der Waals surface area contributed by atoms with Crippen molar-refractivity contribution >= 4 is 53.3 Å². The Bertz CT molecular complexity index is 3150. The van der Waals surface area contributed by atoms with E-state index in [4.69, 9.17) is 9.97 Å². The normalized spacial score (nSPS) is 11.6. The molecular formula is C52H33N3S. The van der Waals surface area contributed by atoms with Crippen LogP contribution in [0.5, 0.6) is 0 Å². The fourth-order valence-corrected chi connectivity index (χ4v) is 9.40. The van der Waals surface area contributed by atoms with Crippen LogP contribution in [-0.2, 0) is 0 Å². The highest BCUT2D eigenvalue weighted by molar-refractivity contribution is 7.26. The van der Waals surface area contributed by atoms with Gasteiger partial charge in [-0.2, -0.15) is 0 Å². The molecule has 11 rings (SSSR count). The molecule has 0 fully saturated rings. The summed E-state index contributed by atoms with van der Waals surface area (Å²) in [7, 11) is 0.